The summed E-state index contributed by atoms with van der Waals surface area (Å²) in [5.74, 6) is -0.140. The zero-order valence-corrected chi connectivity index (χ0v) is 14.6. The van der Waals surface area contributed by atoms with Gasteiger partial charge in [-0.1, -0.05) is 73.7 Å². The largest absolute Gasteiger partial charge is 0.207 e. The number of hydrogen-bond donors (Lipinski definition) is 0. The Hall–Kier alpha value is -2.67. The Morgan fingerprint density at radius 2 is 1.32 bits per heavy atom. The van der Waals surface area contributed by atoms with Gasteiger partial charge >= 0.3 is 0 Å². The van der Waals surface area contributed by atoms with E-state index in [4.69, 9.17) is 0 Å². The van der Waals surface area contributed by atoms with Crippen LogP contribution in [0.2, 0.25) is 0 Å². The highest BCUT2D eigenvalue weighted by Crippen LogP contribution is 2.26. The Balaban J connectivity index is 1.81. The van der Waals surface area contributed by atoms with Crippen molar-refractivity contribution in [3.8, 4) is 22.3 Å². The van der Waals surface area contributed by atoms with Crippen LogP contribution in [0.4, 0.5) is 4.39 Å². The molecule has 0 nitrogen and oxygen atoms in total. The molecular formula is C24H23F. The van der Waals surface area contributed by atoms with Crippen molar-refractivity contribution in [1.29, 1.82) is 0 Å². The second kappa shape index (κ2) is 7.94. The fourth-order valence-electron chi connectivity index (χ4n) is 2.98. The standard InChI is InChI=1S/C24H23F/c1-3-5-6-22-15-16-23(17-24(22)25)21-13-11-20(12-14-21)19-9-7-18(4-2)8-10-19/h3,7-17H,1,4-6H2,2H3. The number of rotatable bonds is 6. The van der Waals surface area contributed by atoms with Crippen LogP contribution in [0.1, 0.15) is 24.5 Å². The van der Waals surface area contributed by atoms with E-state index in [1.807, 2.05) is 18.2 Å². The van der Waals surface area contributed by atoms with Gasteiger partial charge < -0.3 is 0 Å². The van der Waals surface area contributed by atoms with Crippen molar-refractivity contribution in [2.45, 2.75) is 26.2 Å². The number of aryl methyl sites for hydroxylation is 2. The molecule has 0 unspecified atom stereocenters. The molecule has 0 aliphatic rings. The summed E-state index contributed by atoms with van der Waals surface area (Å²) in [6.07, 6.45) is 4.36. The molecule has 0 bridgehead atoms. The lowest BCUT2D eigenvalue weighted by atomic mass is 9.98. The predicted octanol–water partition coefficient (Wildman–Crippen LogP) is 6.84. The van der Waals surface area contributed by atoms with Crippen LogP contribution in [0.15, 0.2) is 79.4 Å². The molecule has 0 amide bonds. The van der Waals surface area contributed by atoms with Gasteiger partial charge in [-0.2, -0.15) is 0 Å². The number of benzene rings is 3. The maximum absolute atomic E-state index is 14.2. The van der Waals surface area contributed by atoms with E-state index < -0.39 is 0 Å². The molecule has 0 spiro atoms. The first-order valence-electron chi connectivity index (χ1n) is 8.80. The van der Waals surface area contributed by atoms with Crippen LogP contribution < -0.4 is 0 Å². The molecule has 3 rings (SSSR count). The molecule has 1 heteroatoms. The van der Waals surface area contributed by atoms with E-state index in [2.05, 4.69) is 62.0 Å². The fraction of sp³-hybridized carbons (Fsp3) is 0.167. The summed E-state index contributed by atoms with van der Waals surface area (Å²) < 4.78 is 14.2. The molecule has 0 fully saturated rings. The van der Waals surface area contributed by atoms with Gasteiger partial charge in [0.2, 0.25) is 0 Å². The van der Waals surface area contributed by atoms with Gasteiger partial charge in [-0.25, -0.2) is 4.39 Å². The smallest absolute Gasteiger partial charge is 0.127 e. The first-order chi connectivity index (χ1) is 12.2. The Morgan fingerprint density at radius 1 is 0.800 bits per heavy atom. The van der Waals surface area contributed by atoms with Gasteiger partial charge in [-0.05, 0) is 58.7 Å². The van der Waals surface area contributed by atoms with E-state index >= 15 is 0 Å². The van der Waals surface area contributed by atoms with Gasteiger partial charge in [0, 0.05) is 0 Å². The molecule has 3 aromatic carbocycles. The molecule has 0 aromatic heterocycles. The maximum Gasteiger partial charge on any atom is 0.127 e. The SMILES string of the molecule is C=CCCc1ccc(-c2ccc(-c3ccc(CC)cc3)cc2)cc1F. The Kier molecular flexibility index (Phi) is 5.45. The highest BCUT2D eigenvalue weighted by molar-refractivity contribution is 5.70. The van der Waals surface area contributed by atoms with E-state index in [0.29, 0.717) is 6.42 Å². The minimum Gasteiger partial charge on any atom is -0.207 e. The highest BCUT2D eigenvalue weighted by atomic mass is 19.1. The predicted molar refractivity (Wildman–Crippen MR) is 105 cm³/mol. The van der Waals surface area contributed by atoms with Crippen molar-refractivity contribution < 1.29 is 4.39 Å². The maximum atomic E-state index is 14.2. The molecule has 0 heterocycles. The Morgan fingerprint density at radius 3 is 1.84 bits per heavy atom. The van der Waals surface area contributed by atoms with Gasteiger partial charge in [0.1, 0.15) is 5.82 Å². The average molecular weight is 330 g/mol. The van der Waals surface area contributed by atoms with Gasteiger partial charge in [0.05, 0.1) is 0 Å². The second-order valence-electron chi connectivity index (χ2n) is 6.26. The van der Waals surface area contributed by atoms with E-state index in [1.165, 1.54) is 16.7 Å². The van der Waals surface area contributed by atoms with E-state index in [1.54, 1.807) is 6.07 Å². The summed E-state index contributed by atoms with van der Waals surface area (Å²) in [4.78, 5) is 0. The van der Waals surface area contributed by atoms with Gasteiger partial charge in [-0.15, -0.1) is 6.58 Å². The zero-order valence-electron chi connectivity index (χ0n) is 14.6. The van der Waals surface area contributed by atoms with Crippen LogP contribution in [0.5, 0.6) is 0 Å². The molecule has 0 saturated carbocycles. The van der Waals surface area contributed by atoms with E-state index in [0.717, 1.165) is 29.5 Å². The van der Waals surface area contributed by atoms with Gasteiger partial charge in [0.25, 0.3) is 0 Å². The monoisotopic (exact) mass is 330 g/mol. The van der Waals surface area contributed by atoms with Crippen molar-refractivity contribution in [3.05, 3.63) is 96.3 Å². The highest BCUT2D eigenvalue weighted by Gasteiger charge is 2.05. The van der Waals surface area contributed by atoms with E-state index in [9.17, 15) is 4.39 Å². The van der Waals surface area contributed by atoms with Crippen LogP contribution in [0.3, 0.4) is 0 Å². The summed E-state index contributed by atoms with van der Waals surface area (Å²) in [5, 5.41) is 0. The third kappa shape index (κ3) is 4.06. The Labute approximate surface area is 149 Å². The van der Waals surface area contributed by atoms with E-state index in [-0.39, 0.29) is 5.82 Å². The third-order valence-electron chi connectivity index (χ3n) is 4.58. The van der Waals surface area contributed by atoms with Crippen LogP contribution >= 0.6 is 0 Å². The van der Waals surface area contributed by atoms with Crippen LogP contribution in [-0.2, 0) is 12.8 Å². The molecule has 3 aromatic rings. The minimum absolute atomic E-state index is 0.140. The number of allylic oxidation sites excluding steroid dienone is 1. The topological polar surface area (TPSA) is 0 Å². The van der Waals surface area contributed by atoms with Gasteiger partial charge in [0.15, 0.2) is 0 Å². The molecular weight excluding hydrogens is 307 g/mol. The summed E-state index contributed by atoms with van der Waals surface area (Å²) in [6.45, 7) is 5.85. The molecule has 0 radical (unpaired) electrons. The summed E-state index contributed by atoms with van der Waals surface area (Å²) >= 11 is 0. The van der Waals surface area contributed by atoms with Crippen molar-refractivity contribution >= 4 is 0 Å². The van der Waals surface area contributed by atoms with Crippen LogP contribution in [0.25, 0.3) is 22.3 Å². The van der Waals surface area contributed by atoms with Crippen LogP contribution in [-0.4, -0.2) is 0 Å². The molecule has 25 heavy (non-hydrogen) atoms. The third-order valence-corrected chi connectivity index (χ3v) is 4.58. The average Bonchev–Trinajstić information content (AvgIpc) is 2.67. The second-order valence-corrected chi connectivity index (χ2v) is 6.26. The van der Waals surface area contributed by atoms with Crippen molar-refractivity contribution in [2.24, 2.45) is 0 Å². The van der Waals surface area contributed by atoms with Crippen molar-refractivity contribution in [3.63, 3.8) is 0 Å². The molecule has 126 valence electrons. The molecule has 0 N–H and O–H groups in total. The lowest BCUT2D eigenvalue weighted by Crippen LogP contribution is -1.91. The van der Waals surface area contributed by atoms with Crippen molar-refractivity contribution in [1.82, 2.24) is 0 Å². The quantitative estimate of drug-likeness (QED) is 0.434. The lowest BCUT2D eigenvalue weighted by Gasteiger charge is -2.08. The Bertz CT molecular complexity index is 842. The molecule has 0 aliphatic carbocycles. The number of halogens is 1. The molecule has 0 aliphatic heterocycles. The summed E-state index contributed by atoms with van der Waals surface area (Å²) in [7, 11) is 0. The zero-order chi connectivity index (χ0) is 17.6. The van der Waals surface area contributed by atoms with Crippen molar-refractivity contribution in [2.75, 3.05) is 0 Å². The first-order valence-corrected chi connectivity index (χ1v) is 8.80. The summed E-state index contributed by atoms with van der Waals surface area (Å²) in [5.41, 5.74) is 6.41. The summed E-state index contributed by atoms with van der Waals surface area (Å²) in [6, 6.07) is 22.5. The lowest BCUT2D eigenvalue weighted by molar-refractivity contribution is 0.610. The first kappa shape index (κ1) is 17.2. The van der Waals surface area contributed by atoms with Crippen LogP contribution in [0, 0.1) is 5.82 Å². The molecule has 0 saturated heterocycles. The molecule has 0 atom stereocenters. The fourth-order valence-corrected chi connectivity index (χ4v) is 2.98. The normalized spacial score (nSPS) is 10.6. The minimum atomic E-state index is -0.140. The number of hydrogen-bond acceptors (Lipinski definition) is 0. The van der Waals surface area contributed by atoms with Gasteiger partial charge in [-0.3, -0.25) is 0 Å².